The number of aliphatic hydroxyl groups is 1. The van der Waals surface area contributed by atoms with Gasteiger partial charge in [0.05, 0.1) is 35.3 Å². The molecule has 1 aromatic heterocycles. The molecule has 1 unspecified atom stereocenters. The maximum absolute atomic E-state index is 13.3. The van der Waals surface area contributed by atoms with Crippen molar-refractivity contribution < 1.29 is 18.3 Å². The van der Waals surface area contributed by atoms with Crippen LogP contribution in [0.25, 0.3) is 11.3 Å². The second kappa shape index (κ2) is 8.26. The van der Waals surface area contributed by atoms with E-state index in [1.807, 2.05) is 24.7 Å². The maximum atomic E-state index is 13.3. The molecule has 188 valence electrons. The van der Waals surface area contributed by atoms with E-state index in [2.05, 4.69) is 21.7 Å². The molecule has 1 saturated heterocycles. The van der Waals surface area contributed by atoms with E-state index in [0.717, 1.165) is 12.1 Å². The number of imidazole rings is 1. The molecule has 0 bridgehead atoms. The van der Waals surface area contributed by atoms with E-state index in [-0.39, 0.29) is 28.2 Å². The van der Waals surface area contributed by atoms with Gasteiger partial charge in [-0.25, -0.2) is 13.4 Å². The van der Waals surface area contributed by atoms with Crippen LogP contribution < -0.4 is 4.90 Å². The molecule has 1 N–H and O–H groups in total. The molecular formula is C27H30N4O4S. The Labute approximate surface area is 211 Å². The zero-order chi connectivity index (χ0) is 25.2. The first-order valence-electron chi connectivity index (χ1n) is 12.4. The van der Waals surface area contributed by atoms with Gasteiger partial charge < -0.3 is 14.6 Å². The fourth-order valence-corrected chi connectivity index (χ4v) is 7.88. The average molecular weight is 507 g/mol. The Kier molecular flexibility index (Phi) is 5.37. The fraction of sp³-hybridized carbons (Fsp3) is 0.407. The van der Waals surface area contributed by atoms with Crippen LogP contribution in [0.3, 0.4) is 0 Å². The number of fused-ring (bicyclic) bond motifs is 3. The Morgan fingerprint density at radius 1 is 1.11 bits per heavy atom. The van der Waals surface area contributed by atoms with E-state index in [1.165, 1.54) is 27.3 Å². The van der Waals surface area contributed by atoms with Crippen LogP contribution in [0, 0.1) is 11.3 Å². The lowest BCUT2D eigenvalue weighted by molar-refractivity contribution is -0.152. The molecule has 2 aliphatic heterocycles. The third kappa shape index (κ3) is 3.37. The highest BCUT2D eigenvalue weighted by atomic mass is 32.2. The predicted molar refractivity (Wildman–Crippen MR) is 136 cm³/mol. The van der Waals surface area contributed by atoms with Gasteiger partial charge in [-0.05, 0) is 54.5 Å². The highest BCUT2D eigenvalue weighted by Crippen LogP contribution is 2.59. The summed E-state index contributed by atoms with van der Waals surface area (Å²) in [5, 5.41) is 11.4. The Morgan fingerprint density at radius 3 is 2.47 bits per heavy atom. The average Bonchev–Trinajstić information content (AvgIpc) is 3.48. The van der Waals surface area contributed by atoms with Crippen LogP contribution in [0.5, 0.6) is 0 Å². The van der Waals surface area contributed by atoms with Crippen molar-refractivity contribution in [2.75, 3.05) is 25.0 Å². The van der Waals surface area contributed by atoms with Crippen LogP contribution in [0.1, 0.15) is 37.8 Å². The molecule has 3 heterocycles. The highest BCUT2D eigenvalue weighted by Gasteiger charge is 2.58. The summed E-state index contributed by atoms with van der Waals surface area (Å²) < 4.78 is 30.3. The van der Waals surface area contributed by atoms with Crippen LogP contribution in [-0.2, 0) is 14.8 Å². The molecule has 1 aliphatic carbocycles. The number of aliphatic hydroxyl groups excluding tert-OH is 1. The van der Waals surface area contributed by atoms with Gasteiger partial charge in [-0.1, -0.05) is 24.3 Å². The summed E-state index contributed by atoms with van der Waals surface area (Å²) in [5.74, 6) is -0.0368. The third-order valence-corrected chi connectivity index (χ3v) is 10.6. The van der Waals surface area contributed by atoms with Gasteiger partial charge in [0, 0.05) is 44.2 Å². The lowest BCUT2D eigenvalue weighted by atomic mass is 9.53. The molecule has 8 nitrogen and oxygen atoms in total. The smallest absolute Gasteiger partial charge is 0.243 e. The fourth-order valence-electron chi connectivity index (χ4n) is 6.43. The van der Waals surface area contributed by atoms with Crippen molar-refractivity contribution >= 4 is 21.6 Å². The molecule has 2 fully saturated rings. The second-order valence-electron chi connectivity index (χ2n) is 10.4. The number of piperidine rings is 1. The van der Waals surface area contributed by atoms with Crippen LogP contribution in [0.4, 0.5) is 5.69 Å². The van der Waals surface area contributed by atoms with E-state index in [4.69, 9.17) is 0 Å². The summed E-state index contributed by atoms with van der Waals surface area (Å²) in [7, 11) is -1.98. The second-order valence-corrected chi connectivity index (χ2v) is 12.3. The standard InChI is InChI=1S/C27H30N4O4S/c1-18(32)29(2)19-7-9-20(10-8-19)36(34,35)30-13-11-27(12-14-30)15-23(26(27)33)25-22-6-4-3-5-21(22)24-16-28-17-31(24)25/h3-10,16-17,23,25-26,33H,11-15H2,1-2H3/t23-,25?,26+/m0/s1. The Balaban J connectivity index is 1.15. The molecule has 36 heavy (non-hydrogen) atoms. The quantitative estimate of drug-likeness (QED) is 0.586. The van der Waals surface area contributed by atoms with Gasteiger partial charge in [-0.2, -0.15) is 4.31 Å². The van der Waals surface area contributed by atoms with Crippen molar-refractivity contribution in [3.05, 3.63) is 66.6 Å². The Hall–Kier alpha value is -3.01. The zero-order valence-electron chi connectivity index (χ0n) is 20.4. The molecule has 3 aromatic rings. The summed E-state index contributed by atoms with van der Waals surface area (Å²) in [4.78, 5) is 17.6. The van der Waals surface area contributed by atoms with E-state index in [1.54, 1.807) is 31.3 Å². The van der Waals surface area contributed by atoms with Gasteiger partial charge in [-0.15, -0.1) is 0 Å². The first kappa shape index (κ1) is 23.4. The van der Waals surface area contributed by atoms with Crippen LogP contribution in [-0.4, -0.2) is 59.5 Å². The van der Waals surface area contributed by atoms with Gasteiger partial charge in [0.2, 0.25) is 15.9 Å². The molecule has 2 aromatic carbocycles. The third-order valence-electron chi connectivity index (χ3n) is 8.65. The maximum Gasteiger partial charge on any atom is 0.243 e. The molecule has 1 amide bonds. The van der Waals surface area contributed by atoms with E-state index < -0.39 is 16.1 Å². The van der Waals surface area contributed by atoms with Crippen molar-refractivity contribution in [3.8, 4) is 11.3 Å². The number of rotatable bonds is 4. The Morgan fingerprint density at radius 2 is 1.81 bits per heavy atom. The normalized spacial score (nSPS) is 24.7. The molecule has 3 atom stereocenters. The number of sulfonamides is 1. The van der Waals surface area contributed by atoms with E-state index in [0.29, 0.717) is 31.6 Å². The molecular weight excluding hydrogens is 476 g/mol. The minimum absolute atomic E-state index is 0.0627. The van der Waals surface area contributed by atoms with Crippen LogP contribution in [0.2, 0.25) is 0 Å². The number of hydrogen-bond acceptors (Lipinski definition) is 5. The predicted octanol–water partition coefficient (Wildman–Crippen LogP) is 3.29. The minimum atomic E-state index is -3.64. The summed E-state index contributed by atoms with van der Waals surface area (Å²) in [6, 6.07) is 14.8. The number of amides is 1. The Bertz CT molecular complexity index is 1420. The molecule has 0 radical (unpaired) electrons. The number of anilines is 1. The largest absolute Gasteiger partial charge is 0.392 e. The number of benzene rings is 2. The SMILES string of the molecule is CC(=O)N(C)c1ccc(S(=O)(=O)N2CCC3(CC2)C[C@@H](C2c4ccccc4-c4cncn42)[C@H]3O)cc1. The molecule has 9 heteroatoms. The van der Waals surface area contributed by atoms with Crippen molar-refractivity contribution in [1.29, 1.82) is 0 Å². The van der Waals surface area contributed by atoms with Crippen LogP contribution in [0.15, 0.2) is 66.0 Å². The van der Waals surface area contributed by atoms with E-state index >= 15 is 0 Å². The van der Waals surface area contributed by atoms with Crippen LogP contribution >= 0.6 is 0 Å². The van der Waals surface area contributed by atoms with Gasteiger partial charge in [0.15, 0.2) is 0 Å². The molecule has 1 saturated carbocycles. The minimum Gasteiger partial charge on any atom is -0.392 e. The van der Waals surface area contributed by atoms with Gasteiger partial charge in [-0.3, -0.25) is 4.79 Å². The summed E-state index contributed by atoms with van der Waals surface area (Å²) in [6.07, 6.45) is 5.39. The summed E-state index contributed by atoms with van der Waals surface area (Å²) in [6.45, 7) is 2.24. The molecule has 3 aliphatic rings. The highest BCUT2D eigenvalue weighted by molar-refractivity contribution is 7.89. The topological polar surface area (TPSA) is 95.7 Å². The van der Waals surface area contributed by atoms with Crippen molar-refractivity contribution in [1.82, 2.24) is 13.9 Å². The first-order valence-corrected chi connectivity index (χ1v) is 13.8. The summed E-state index contributed by atoms with van der Waals surface area (Å²) in [5.41, 5.74) is 3.90. The molecule has 6 rings (SSSR count). The molecule has 1 spiro atoms. The number of nitrogens with zero attached hydrogens (tertiary/aromatic N) is 4. The number of carbonyl (C=O) groups is 1. The van der Waals surface area contributed by atoms with Gasteiger partial charge in [0.1, 0.15) is 0 Å². The summed E-state index contributed by atoms with van der Waals surface area (Å²) >= 11 is 0. The lowest BCUT2D eigenvalue weighted by Gasteiger charge is -2.57. The van der Waals surface area contributed by atoms with Crippen molar-refractivity contribution in [3.63, 3.8) is 0 Å². The lowest BCUT2D eigenvalue weighted by Crippen LogP contribution is -2.59. The van der Waals surface area contributed by atoms with E-state index in [9.17, 15) is 18.3 Å². The van der Waals surface area contributed by atoms with Crippen molar-refractivity contribution in [2.24, 2.45) is 11.3 Å². The van der Waals surface area contributed by atoms with Crippen molar-refractivity contribution in [2.45, 2.75) is 43.2 Å². The first-order chi connectivity index (χ1) is 17.2. The van der Waals surface area contributed by atoms with Gasteiger partial charge >= 0.3 is 0 Å². The van der Waals surface area contributed by atoms with Gasteiger partial charge in [0.25, 0.3) is 0 Å². The number of carbonyl (C=O) groups excluding carboxylic acids is 1. The monoisotopic (exact) mass is 506 g/mol. The number of aromatic nitrogens is 2. The number of hydrogen-bond donors (Lipinski definition) is 1. The zero-order valence-corrected chi connectivity index (χ0v) is 21.2.